The van der Waals surface area contributed by atoms with Gasteiger partial charge >= 0.3 is 0 Å². The predicted octanol–water partition coefficient (Wildman–Crippen LogP) is 1.31. The average Bonchev–Trinajstić information content (AvgIpc) is 2.96. The van der Waals surface area contributed by atoms with Crippen LogP contribution in [0.4, 0.5) is 5.69 Å². The van der Waals surface area contributed by atoms with E-state index < -0.39 is 16.7 Å². The number of hydrogen-bond acceptors (Lipinski definition) is 8. The lowest BCUT2D eigenvalue weighted by atomic mass is 10.2. The average molecular weight is 353 g/mol. The number of nitro benzene ring substituents is 1. The normalized spacial score (nSPS) is 10.1. The number of nitro groups is 1. The molecule has 1 heterocycles. The second-order valence-electron chi connectivity index (χ2n) is 4.18. The van der Waals surface area contributed by atoms with Gasteiger partial charge in [0.05, 0.1) is 10.7 Å². The Morgan fingerprint density at radius 1 is 1.26 bits per heavy atom. The van der Waals surface area contributed by atoms with Gasteiger partial charge in [-0.15, -0.1) is 10.2 Å². The third-order valence-corrected chi connectivity index (χ3v) is 4.46. The molecule has 0 bridgehead atoms. The molecule has 0 fully saturated rings. The third kappa shape index (κ3) is 5.00. The minimum absolute atomic E-state index is 0.0785. The van der Waals surface area contributed by atoms with Crippen LogP contribution >= 0.6 is 23.1 Å². The molecular formula is C12H11N5O4S2. The topological polar surface area (TPSA) is 127 Å². The number of hydrazine groups is 1. The van der Waals surface area contributed by atoms with Crippen LogP contribution in [-0.2, 0) is 4.79 Å². The van der Waals surface area contributed by atoms with Gasteiger partial charge in [-0.05, 0) is 19.1 Å². The summed E-state index contributed by atoms with van der Waals surface area (Å²) >= 11 is 2.58. The van der Waals surface area contributed by atoms with Gasteiger partial charge in [0.25, 0.3) is 11.6 Å². The lowest BCUT2D eigenvalue weighted by Gasteiger charge is -2.06. The number of rotatable bonds is 5. The number of non-ortho nitro benzene ring substituents is 1. The highest BCUT2D eigenvalue weighted by Gasteiger charge is 2.11. The van der Waals surface area contributed by atoms with Crippen molar-refractivity contribution in [3.05, 3.63) is 45.0 Å². The van der Waals surface area contributed by atoms with Gasteiger partial charge in [0.2, 0.25) is 5.91 Å². The van der Waals surface area contributed by atoms with Crippen molar-refractivity contribution in [2.24, 2.45) is 0 Å². The first-order valence-corrected chi connectivity index (χ1v) is 8.02. The summed E-state index contributed by atoms with van der Waals surface area (Å²) in [6, 6.07) is 5.03. The minimum Gasteiger partial charge on any atom is -0.272 e. The fraction of sp³-hybridized carbons (Fsp3) is 0.167. The summed E-state index contributed by atoms with van der Waals surface area (Å²) < 4.78 is 0.666. The zero-order chi connectivity index (χ0) is 16.8. The van der Waals surface area contributed by atoms with Crippen molar-refractivity contribution >= 4 is 40.6 Å². The molecule has 1 aromatic heterocycles. The Labute approximate surface area is 138 Å². The highest BCUT2D eigenvalue weighted by atomic mass is 32.2. The van der Waals surface area contributed by atoms with Crippen LogP contribution in [-0.4, -0.2) is 32.7 Å². The van der Waals surface area contributed by atoms with Crippen molar-refractivity contribution < 1.29 is 14.5 Å². The summed E-state index contributed by atoms with van der Waals surface area (Å²) in [6.45, 7) is 1.81. The van der Waals surface area contributed by atoms with E-state index in [1.807, 2.05) is 6.92 Å². The Bertz CT molecular complexity index is 731. The molecule has 11 heteroatoms. The van der Waals surface area contributed by atoms with Crippen LogP contribution in [0.25, 0.3) is 0 Å². The van der Waals surface area contributed by atoms with Gasteiger partial charge in [0.15, 0.2) is 4.34 Å². The predicted molar refractivity (Wildman–Crippen MR) is 84.1 cm³/mol. The number of nitrogens with zero attached hydrogens (tertiary/aromatic N) is 3. The van der Waals surface area contributed by atoms with Crippen LogP contribution < -0.4 is 10.9 Å². The van der Waals surface area contributed by atoms with E-state index in [-0.39, 0.29) is 17.0 Å². The summed E-state index contributed by atoms with van der Waals surface area (Å²) in [6.07, 6.45) is 0. The maximum atomic E-state index is 11.8. The largest absolute Gasteiger partial charge is 0.272 e. The maximum Gasteiger partial charge on any atom is 0.269 e. The number of nitrogens with one attached hydrogen (secondary N) is 2. The van der Waals surface area contributed by atoms with Crippen LogP contribution in [0.2, 0.25) is 0 Å². The molecule has 0 saturated carbocycles. The highest BCUT2D eigenvalue weighted by Crippen LogP contribution is 2.21. The van der Waals surface area contributed by atoms with Crippen molar-refractivity contribution in [2.75, 3.05) is 5.75 Å². The van der Waals surface area contributed by atoms with Crippen molar-refractivity contribution in [1.82, 2.24) is 21.0 Å². The molecule has 0 unspecified atom stereocenters. The fourth-order valence-corrected chi connectivity index (χ4v) is 3.05. The molecule has 120 valence electrons. The summed E-state index contributed by atoms with van der Waals surface area (Å²) in [4.78, 5) is 33.4. The van der Waals surface area contributed by atoms with Crippen LogP contribution in [0.1, 0.15) is 15.4 Å². The summed E-state index contributed by atoms with van der Waals surface area (Å²) in [5.74, 6) is -0.891. The number of aromatic nitrogens is 2. The summed E-state index contributed by atoms with van der Waals surface area (Å²) in [5, 5.41) is 19.0. The molecule has 1 aromatic carbocycles. The number of aryl methyl sites for hydroxylation is 1. The SMILES string of the molecule is Cc1nnc(SCC(=O)NNC(=O)c2ccc([N+](=O)[O-])cc2)s1. The van der Waals surface area contributed by atoms with E-state index in [0.717, 1.165) is 5.01 Å². The second-order valence-corrected chi connectivity index (χ2v) is 6.59. The Hall–Kier alpha value is -2.53. The van der Waals surface area contributed by atoms with E-state index in [1.165, 1.54) is 47.4 Å². The molecule has 23 heavy (non-hydrogen) atoms. The number of carbonyl (C=O) groups is 2. The van der Waals surface area contributed by atoms with Crippen molar-refractivity contribution in [3.8, 4) is 0 Å². The molecule has 2 amide bonds. The molecule has 0 aliphatic rings. The van der Waals surface area contributed by atoms with Crippen LogP contribution in [0, 0.1) is 17.0 Å². The van der Waals surface area contributed by atoms with Crippen molar-refractivity contribution in [3.63, 3.8) is 0 Å². The Morgan fingerprint density at radius 2 is 1.96 bits per heavy atom. The Kier molecular flexibility index (Phi) is 5.60. The van der Waals surface area contributed by atoms with E-state index >= 15 is 0 Å². The van der Waals surface area contributed by atoms with Gasteiger partial charge in [-0.25, -0.2) is 0 Å². The summed E-state index contributed by atoms with van der Waals surface area (Å²) in [7, 11) is 0. The zero-order valence-electron chi connectivity index (χ0n) is 11.8. The smallest absolute Gasteiger partial charge is 0.269 e. The molecule has 2 N–H and O–H groups in total. The Balaban J connectivity index is 1.79. The zero-order valence-corrected chi connectivity index (χ0v) is 13.4. The van der Waals surface area contributed by atoms with Gasteiger partial charge in [-0.3, -0.25) is 30.6 Å². The molecule has 9 nitrogen and oxygen atoms in total. The van der Waals surface area contributed by atoms with Gasteiger partial charge < -0.3 is 0 Å². The van der Waals surface area contributed by atoms with Crippen LogP contribution in [0.3, 0.4) is 0 Å². The molecule has 2 aromatic rings. The molecule has 0 atom stereocenters. The van der Waals surface area contributed by atoms with Crippen molar-refractivity contribution in [1.29, 1.82) is 0 Å². The first-order valence-electron chi connectivity index (χ1n) is 6.22. The molecule has 0 aliphatic heterocycles. The Morgan fingerprint density at radius 3 is 2.52 bits per heavy atom. The monoisotopic (exact) mass is 353 g/mol. The first-order chi connectivity index (χ1) is 11.0. The van der Waals surface area contributed by atoms with E-state index in [0.29, 0.717) is 4.34 Å². The molecule has 0 spiro atoms. The molecule has 0 radical (unpaired) electrons. The standard InChI is InChI=1S/C12H11N5O4S2/c1-7-13-16-12(23-7)22-6-10(18)14-15-11(19)8-2-4-9(5-3-8)17(20)21/h2-5H,6H2,1H3,(H,14,18)(H,15,19). The number of benzene rings is 1. The number of amides is 2. The summed E-state index contributed by atoms with van der Waals surface area (Å²) in [5.41, 5.74) is 4.57. The lowest BCUT2D eigenvalue weighted by molar-refractivity contribution is -0.384. The van der Waals surface area contributed by atoms with Gasteiger partial charge in [-0.2, -0.15) is 0 Å². The molecule has 2 rings (SSSR count). The molecule has 0 saturated heterocycles. The second kappa shape index (κ2) is 7.65. The third-order valence-electron chi connectivity index (χ3n) is 2.49. The van der Waals surface area contributed by atoms with E-state index in [1.54, 1.807) is 0 Å². The molecule has 0 aliphatic carbocycles. The number of thioether (sulfide) groups is 1. The lowest BCUT2D eigenvalue weighted by Crippen LogP contribution is -2.42. The van der Waals surface area contributed by atoms with Crippen LogP contribution in [0.15, 0.2) is 28.6 Å². The minimum atomic E-state index is -0.565. The first kappa shape index (κ1) is 16.8. The van der Waals surface area contributed by atoms with Crippen LogP contribution in [0.5, 0.6) is 0 Å². The maximum absolute atomic E-state index is 11.8. The van der Waals surface area contributed by atoms with E-state index in [4.69, 9.17) is 0 Å². The molecular weight excluding hydrogens is 342 g/mol. The van der Waals surface area contributed by atoms with Gasteiger partial charge in [0, 0.05) is 17.7 Å². The van der Waals surface area contributed by atoms with E-state index in [9.17, 15) is 19.7 Å². The van der Waals surface area contributed by atoms with E-state index in [2.05, 4.69) is 21.0 Å². The van der Waals surface area contributed by atoms with Gasteiger partial charge in [0.1, 0.15) is 5.01 Å². The van der Waals surface area contributed by atoms with Crippen molar-refractivity contribution in [2.45, 2.75) is 11.3 Å². The van der Waals surface area contributed by atoms with Gasteiger partial charge in [-0.1, -0.05) is 23.1 Å². The quantitative estimate of drug-likeness (QED) is 0.471. The highest BCUT2D eigenvalue weighted by molar-refractivity contribution is 8.01. The number of carbonyl (C=O) groups excluding carboxylic acids is 2. The fourth-order valence-electron chi connectivity index (χ4n) is 1.43. The number of hydrogen-bond donors (Lipinski definition) is 2.